The molecule has 0 aliphatic heterocycles. The summed E-state index contributed by atoms with van der Waals surface area (Å²) in [6.07, 6.45) is 6.40. The number of ketones is 1. The van der Waals surface area contributed by atoms with Gasteiger partial charge in [0.2, 0.25) is 10.0 Å². The highest BCUT2D eigenvalue weighted by molar-refractivity contribution is 7.92. The second kappa shape index (κ2) is 9.58. The molecule has 1 heterocycles. The molecule has 3 aromatic rings. The number of hydrogen-bond acceptors (Lipinski definition) is 5. The van der Waals surface area contributed by atoms with Crippen molar-refractivity contribution in [2.45, 2.75) is 27.2 Å². The second-order valence-corrected chi connectivity index (χ2v) is 10.5. The van der Waals surface area contributed by atoms with Gasteiger partial charge in [-0.05, 0) is 80.8 Å². The van der Waals surface area contributed by atoms with Gasteiger partial charge in [0.25, 0.3) is 0 Å². The van der Waals surface area contributed by atoms with E-state index in [1.807, 2.05) is 6.08 Å². The Bertz CT molecular complexity index is 1580. The normalized spacial score (nSPS) is 12.3. The quantitative estimate of drug-likeness (QED) is 0.338. The van der Waals surface area contributed by atoms with Crippen molar-refractivity contribution in [3.05, 3.63) is 99.2 Å². The molecule has 9 heteroatoms. The number of nitrogens with one attached hydrogen (secondary N) is 1. The smallest absolute Gasteiger partial charge is 0.232 e. The van der Waals surface area contributed by atoms with Crippen LogP contribution >= 0.6 is 0 Å². The number of carbonyl (C=O) groups is 1. The van der Waals surface area contributed by atoms with Crippen LogP contribution in [0.3, 0.4) is 0 Å². The van der Waals surface area contributed by atoms with Crippen LogP contribution in [0.1, 0.15) is 39.7 Å². The van der Waals surface area contributed by atoms with Crippen LogP contribution in [0.2, 0.25) is 0 Å². The monoisotopic (exact) mass is 508 g/mol. The molecule has 7 nitrogen and oxygen atoms in total. The molecular weight excluding hydrogens is 483 g/mol. The fraction of sp³-hybridized carbons (Fsp3) is 0.185. The first-order chi connectivity index (χ1) is 17.0. The highest BCUT2D eigenvalue weighted by atomic mass is 32.2. The lowest BCUT2D eigenvalue weighted by atomic mass is 10.1. The summed E-state index contributed by atoms with van der Waals surface area (Å²) < 4.78 is 48.7. The van der Waals surface area contributed by atoms with Crippen LogP contribution in [0.15, 0.2) is 60.1 Å². The third kappa shape index (κ3) is 4.74. The lowest BCUT2D eigenvalue weighted by Crippen LogP contribution is -2.22. The molecule has 0 saturated carbocycles. The summed E-state index contributed by atoms with van der Waals surface area (Å²) >= 11 is 0. The van der Waals surface area contributed by atoms with Crippen molar-refractivity contribution >= 4 is 27.6 Å². The minimum Gasteiger partial charge on any atom is -0.455 e. The van der Waals surface area contributed by atoms with Crippen LogP contribution in [0.25, 0.3) is 11.8 Å². The van der Waals surface area contributed by atoms with Crippen molar-refractivity contribution in [2.24, 2.45) is 0 Å². The first kappa shape index (κ1) is 25.1. The maximum absolute atomic E-state index is 13.9. The van der Waals surface area contributed by atoms with E-state index in [1.165, 1.54) is 25.3 Å². The summed E-state index contributed by atoms with van der Waals surface area (Å²) in [4.78, 5) is 25.5. The second-order valence-electron chi connectivity index (χ2n) is 8.44. The number of fused-ring (bicyclic) bond motifs is 1. The van der Waals surface area contributed by atoms with Crippen molar-refractivity contribution in [1.82, 2.24) is 4.57 Å². The van der Waals surface area contributed by atoms with E-state index in [0.29, 0.717) is 46.0 Å². The molecule has 0 atom stereocenters. The molecule has 1 N–H and O–H groups in total. The maximum atomic E-state index is 13.9. The van der Waals surface area contributed by atoms with Crippen LogP contribution in [0.4, 0.5) is 10.1 Å². The van der Waals surface area contributed by atoms with Crippen molar-refractivity contribution < 1.29 is 22.3 Å². The standard InChI is InChI=1S/C27H25FN2O5S/c1-5-24(31)21-15-30(22-9-7-8-20(22)26(21)32)23-14-19(29-36(33,34)6-2)10-11-25(23)35-27-16(3)12-18(28)13-17(27)4/h5,7,9-15,29H,1,6,8H2,2-4H3. The van der Waals surface area contributed by atoms with E-state index in [9.17, 15) is 22.4 Å². The Kier molecular flexibility index (Phi) is 6.69. The van der Waals surface area contributed by atoms with Gasteiger partial charge in [-0.15, -0.1) is 0 Å². The van der Waals surface area contributed by atoms with Crippen molar-refractivity contribution in [1.29, 1.82) is 0 Å². The van der Waals surface area contributed by atoms with E-state index in [0.717, 1.165) is 6.08 Å². The molecule has 0 radical (unpaired) electrons. The van der Waals surface area contributed by atoms with E-state index in [1.54, 1.807) is 42.7 Å². The molecule has 0 bridgehead atoms. The van der Waals surface area contributed by atoms with Crippen LogP contribution in [-0.4, -0.2) is 24.5 Å². The molecule has 0 fully saturated rings. The van der Waals surface area contributed by atoms with Gasteiger partial charge in [0.15, 0.2) is 17.0 Å². The van der Waals surface area contributed by atoms with Crippen molar-refractivity contribution in [3.8, 4) is 17.2 Å². The van der Waals surface area contributed by atoms with E-state index in [2.05, 4.69) is 11.3 Å². The van der Waals surface area contributed by atoms with E-state index >= 15 is 0 Å². The maximum Gasteiger partial charge on any atom is 0.232 e. The fourth-order valence-electron chi connectivity index (χ4n) is 4.11. The summed E-state index contributed by atoms with van der Waals surface area (Å²) in [7, 11) is -3.58. The number of aryl methyl sites for hydroxylation is 2. The van der Waals surface area contributed by atoms with Crippen LogP contribution in [-0.2, 0) is 16.4 Å². The van der Waals surface area contributed by atoms with Crippen LogP contribution in [0, 0.1) is 19.7 Å². The highest BCUT2D eigenvalue weighted by Crippen LogP contribution is 2.36. The fourth-order valence-corrected chi connectivity index (χ4v) is 4.74. The first-order valence-corrected chi connectivity index (χ1v) is 12.9. The van der Waals surface area contributed by atoms with Gasteiger partial charge in [-0.2, -0.15) is 0 Å². The number of ether oxygens (including phenoxy) is 1. The zero-order valence-electron chi connectivity index (χ0n) is 20.1. The van der Waals surface area contributed by atoms with Gasteiger partial charge in [0.1, 0.15) is 11.6 Å². The first-order valence-electron chi connectivity index (χ1n) is 11.3. The molecule has 1 aliphatic carbocycles. The molecule has 0 amide bonds. The molecule has 1 aromatic heterocycles. The minimum absolute atomic E-state index is 0.0629. The molecule has 2 aromatic carbocycles. The largest absolute Gasteiger partial charge is 0.455 e. The number of halogens is 1. The topological polar surface area (TPSA) is 94.5 Å². The van der Waals surface area contributed by atoms with E-state index < -0.39 is 21.6 Å². The third-order valence-electron chi connectivity index (χ3n) is 5.90. The van der Waals surface area contributed by atoms with Gasteiger partial charge in [0.05, 0.1) is 28.4 Å². The van der Waals surface area contributed by atoms with Gasteiger partial charge in [-0.3, -0.25) is 14.3 Å². The molecule has 0 unspecified atom stereocenters. The van der Waals surface area contributed by atoms with Gasteiger partial charge in [0, 0.05) is 11.8 Å². The Hall–Kier alpha value is -3.98. The van der Waals surface area contributed by atoms with Crippen molar-refractivity contribution in [3.63, 3.8) is 0 Å². The summed E-state index contributed by atoms with van der Waals surface area (Å²) in [5.74, 6) is -0.287. The Morgan fingerprint density at radius 3 is 2.56 bits per heavy atom. The number of nitrogens with zero attached hydrogens (tertiary/aromatic N) is 1. The molecule has 0 saturated heterocycles. The predicted molar refractivity (Wildman–Crippen MR) is 138 cm³/mol. The highest BCUT2D eigenvalue weighted by Gasteiger charge is 2.23. The average Bonchev–Trinajstić information content (AvgIpc) is 3.32. The molecule has 0 spiro atoms. The summed E-state index contributed by atoms with van der Waals surface area (Å²) in [5, 5.41) is 0. The lowest BCUT2D eigenvalue weighted by Gasteiger charge is -2.20. The Morgan fingerprint density at radius 2 is 1.92 bits per heavy atom. The van der Waals surface area contributed by atoms with Gasteiger partial charge in [-0.1, -0.05) is 12.7 Å². The summed E-state index contributed by atoms with van der Waals surface area (Å²) in [6, 6.07) is 7.41. The number of sulfonamides is 1. The average molecular weight is 509 g/mol. The molecular formula is C27H25FN2O5S. The third-order valence-corrected chi connectivity index (χ3v) is 7.21. The number of pyridine rings is 1. The molecule has 1 aliphatic rings. The summed E-state index contributed by atoms with van der Waals surface area (Å²) in [5.41, 5.74) is 2.34. The van der Waals surface area contributed by atoms with E-state index in [4.69, 9.17) is 4.74 Å². The Morgan fingerprint density at radius 1 is 1.22 bits per heavy atom. The lowest BCUT2D eigenvalue weighted by molar-refractivity contribution is 0.104. The number of hydrogen-bond donors (Lipinski definition) is 1. The van der Waals surface area contributed by atoms with Gasteiger partial charge >= 0.3 is 0 Å². The number of carbonyl (C=O) groups excluding carboxylic acids is 1. The zero-order valence-corrected chi connectivity index (χ0v) is 20.9. The van der Waals surface area contributed by atoms with Crippen molar-refractivity contribution in [2.75, 3.05) is 10.5 Å². The van der Waals surface area contributed by atoms with E-state index in [-0.39, 0.29) is 22.4 Å². The van der Waals surface area contributed by atoms with Gasteiger partial charge < -0.3 is 9.30 Å². The Labute approximate surface area is 208 Å². The number of allylic oxidation sites excluding steroid dienone is 2. The predicted octanol–water partition coefficient (Wildman–Crippen LogP) is 5.09. The number of benzene rings is 2. The molecule has 186 valence electrons. The SMILES string of the molecule is C=CC(=O)c1cn(-c2cc(NS(=O)(=O)CC)ccc2Oc2c(C)cc(F)cc2C)c2c(c1=O)CC=C2. The molecule has 4 rings (SSSR count). The Balaban J connectivity index is 1.98. The number of aromatic nitrogens is 1. The zero-order chi connectivity index (χ0) is 26.2. The molecule has 36 heavy (non-hydrogen) atoms. The summed E-state index contributed by atoms with van der Waals surface area (Å²) in [6.45, 7) is 8.45. The number of anilines is 1. The minimum atomic E-state index is -3.58. The van der Waals surface area contributed by atoms with Crippen LogP contribution in [0.5, 0.6) is 11.5 Å². The number of rotatable bonds is 8. The van der Waals surface area contributed by atoms with Crippen LogP contribution < -0.4 is 14.9 Å². The van der Waals surface area contributed by atoms with Gasteiger partial charge in [-0.25, -0.2) is 12.8 Å².